The van der Waals surface area contributed by atoms with Crippen molar-refractivity contribution in [1.82, 2.24) is 15.2 Å². The number of aryl methyl sites for hydroxylation is 1. The first kappa shape index (κ1) is 29.4. The minimum atomic E-state index is -4.42. The Labute approximate surface area is 221 Å². The van der Waals surface area contributed by atoms with E-state index in [1.54, 1.807) is 6.92 Å². The highest BCUT2D eigenvalue weighted by molar-refractivity contribution is 7.91. The number of hydrogen-bond acceptors (Lipinski definition) is 6. The highest BCUT2D eigenvalue weighted by Gasteiger charge is 2.30. The largest absolute Gasteiger partial charge is 0.441 e. The molecule has 1 heterocycles. The Kier molecular flexibility index (Phi) is 9.72. The van der Waals surface area contributed by atoms with E-state index in [1.165, 1.54) is 12.1 Å². The quantitative estimate of drug-likeness (QED) is 0.348. The number of sulfone groups is 1. The third-order valence-corrected chi connectivity index (χ3v) is 7.53. The highest BCUT2D eigenvalue weighted by Crippen LogP contribution is 2.29. The summed E-state index contributed by atoms with van der Waals surface area (Å²) in [6.45, 7) is 8.66. The van der Waals surface area contributed by atoms with Crippen molar-refractivity contribution in [3.8, 4) is 11.5 Å². The molecule has 0 bridgehead atoms. The van der Waals surface area contributed by atoms with Gasteiger partial charge in [-0.2, -0.15) is 13.2 Å². The first-order valence-electron chi connectivity index (χ1n) is 12.3. The third kappa shape index (κ3) is 8.42. The molecule has 7 nitrogen and oxygen atoms in total. The van der Waals surface area contributed by atoms with Crippen LogP contribution < -0.4 is 5.32 Å². The zero-order valence-corrected chi connectivity index (χ0v) is 22.5. The molecule has 0 saturated carbocycles. The van der Waals surface area contributed by atoms with E-state index in [1.807, 2.05) is 24.3 Å². The number of hydrogen-bond donors (Lipinski definition) is 1. The minimum absolute atomic E-state index is 0.0944. The number of carbonyl (C=O) groups is 1. The molecule has 2 aromatic carbocycles. The van der Waals surface area contributed by atoms with Crippen molar-refractivity contribution in [1.29, 1.82) is 0 Å². The van der Waals surface area contributed by atoms with E-state index < -0.39 is 39.0 Å². The molecule has 11 heteroatoms. The predicted octanol–water partition coefficient (Wildman–Crippen LogP) is 4.78. The van der Waals surface area contributed by atoms with Gasteiger partial charge in [-0.05, 0) is 61.8 Å². The number of oxazole rings is 1. The summed E-state index contributed by atoms with van der Waals surface area (Å²) in [5.74, 6) is -1.21. The fourth-order valence-electron chi connectivity index (χ4n) is 3.86. The highest BCUT2D eigenvalue weighted by atomic mass is 32.2. The van der Waals surface area contributed by atoms with Crippen molar-refractivity contribution in [2.45, 2.75) is 45.7 Å². The standard InChI is InChI=1S/C27H32F3N3O4S/c1-4-33(5-2)16-21-6-10-22(11-7-21)26-32-24(19(3)37-26)17-38(35,36)18-25(34)31-15-14-20-8-12-23(13-9-20)27(28,29)30/h6-13H,4-5,14-18H2,1-3H3,(H,31,34). The Bertz CT molecular complexity index is 1320. The summed E-state index contributed by atoms with van der Waals surface area (Å²) in [5.41, 5.74) is 1.95. The third-order valence-electron chi connectivity index (χ3n) is 6.12. The maximum atomic E-state index is 12.7. The molecule has 3 aromatic rings. The number of halogens is 3. The van der Waals surface area contributed by atoms with Gasteiger partial charge in [-0.15, -0.1) is 0 Å². The van der Waals surface area contributed by atoms with E-state index in [4.69, 9.17) is 4.42 Å². The van der Waals surface area contributed by atoms with Gasteiger partial charge < -0.3 is 9.73 Å². The molecule has 0 atom stereocenters. The van der Waals surface area contributed by atoms with Gasteiger partial charge in [-0.25, -0.2) is 13.4 Å². The molecule has 206 valence electrons. The Morgan fingerprint density at radius 1 is 1.00 bits per heavy atom. The first-order valence-corrected chi connectivity index (χ1v) is 14.1. The van der Waals surface area contributed by atoms with Crippen molar-refractivity contribution < 1.29 is 30.8 Å². The maximum Gasteiger partial charge on any atom is 0.416 e. The van der Waals surface area contributed by atoms with Crippen LogP contribution >= 0.6 is 0 Å². The van der Waals surface area contributed by atoms with Crippen LogP contribution in [0.25, 0.3) is 11.5 Å². The summed E-state index contributed by atoms with van der Waals surface area (Å²) in [4.78, 5) is 18.8. The van der Waals surface area contributed by atoms with Gasteiger partial charge in [0.15, 0.2) is 9.84 Å². The maximum absolute atomic E-state index is 12.7. The molecule has 0 fully saturated rings. The van der Waals surface area contributed by atoms with Crippen LogP contribution in [0.4, 0.5) is 13.2 Å². The van der Waals surface area contributed by atoms with Crippen molar-refractivity contribution in [2.75, 3.05) is 25.4 Å². The molecule has 0 aliphatic heterocycles. The molecule has 1 amide bonds. The van der Waals surface area contributed by atoms with Gasteiger partial charge >= 0.3 is 6.18 Å². The molecule has 38 heavy (non-hydrogen) atoms. The van der Waals surface area contributed by atoms with Crippen LogP contribution in [0.1, 0.15) is 42.0 Å². The lowest BCUT2D eigenvalue weighted by molar-refractivity contribution is -0.137. The van der Waals surface area contributed by atoms with E-state index >= 15 is 0 Å². The molecule has 0 radical (unpaired) electrons. The van der Waals surface area contributed by atoms with Gasteiger partial charge in [0.1, 0.15) is 11.5 Å². The van der Waals surface area contributed by atoms with E-state index in [9.17, 15) is 26.4 Å². The lowest BCUT2D eigenvalue weighted by Gasteiger charge is -2.17. The molecular weight excluding hydrogens is 519 g/mol. The average molecular weight is 552 g/mol. The van der Waals surface area contributed by atoms with Crippen LogP contribution in [-0.4, -0.2) is 49.6 Å². The van der Waals surface area contributed by atoms with E-state index in [0.29, 0.717) is 17.2 Å². The SMILES string of the molecule is CCN(CC)Cc1ccc(-c2nc(CS(=O)(=O)CC(=O)NCCc3ccc(C(F)(F)F)cc3)c(C)o2)cc1. The van der Waals surface area contributed by atoms with Crippen molar-refractivity contribution >= 4 is 15.7 Å². The second kappa shape index (κ2) is 12.6. The zero-order chi connectivity index (χ0) is 27.9. The lowest BCUT2D eigenvalue weighted by atomic mass is 10.1. The number of carbonyl (C=O) groups excluding carboxylic acids is 1. The Morgan fingerprint density at radius 3 is 2.18 bits per heavy atom. The van der Waals surface area contributed by atoms with Crippen molar-refractivity contribution in [2.24, 2.45) is 0 Å². The number of aromatic nitrogens is 1. The Hall–Kier alpha value is -3.18. The van der Waals surface area contributed by atoms with Gasteiger partial charge in [0.05, 0.1) is 17.0 Å². The smallest absolute Gasteiger partial charge is 0.416 e. The van der Waals surface area contributed by atoms with Gasteiger partial charge in [-0.3, -0.25) is 9.69 Å². The summed E-state index contributed by atoms with van der Waals surface area (Å²) < 4.78 is 68.9. The van der Waals surface area contributed by atoms with E-state index in [2.05, 4.69) is 29.0 Å². The van der Waals surface area contributed by atoms with Crippen LogP contribution in [0.15, 0.2) is 52.9 Å². The molecule has 1 N–H and O–H groups in total. The van der Waals surface area contributed by atoms with Crippen LogP contribution in [0.5, 0.6) is 0 Å². The Morgan fingerprint density at radius 2 is 1.61 bits per heavy atom. The number of nitrogens with zero attached hydrogens (tertiary/aromatic N) is 2. The van der Waals surface area contributed by atoms with Crippen LogP contribution in [-0.2, 0) is 39.5 Å². The fraction of sp³-hybridized carbons (Fsp3) is 0.407. The summed E-state index contributed by atoms with van der Waals surface area (Å²) in [5, 5.41) is 2.50. The predicted molar refractivity (Wildman–Crippen MR) is 139 cm³/mol. The monoisotopic (exact) mass is 551 g/mol. The number of benzene rings is 2. The van der Waals surface area contributed by atoms with Crippen LogP contribution in [0, 0.1) is 6.92 Å². The van der Waals surface area contributed by atoms with Crippen LogP contribution in [0.2, 0.25) is 0 Å². The number of nitrogens with one attached hydrogen (secondary N) is 1. The molecule has 0 spiro atoms. The molecule has 0 unspecified atom stereocenters. The second-order valence-corrected chi connectivity index (χ2v) is 11.1. The minimum Gasteiger partial charge on any atom is -0.441 e. The molecule has 0 aliphatic rings. The van der Waals surface area contributed by atoms with Crippen LogP contribution in [0.3, 0.4) is 0 Å². The number of amides is 1. The summed E-state index contributed by atoms with van der Waals surface area (Å²) in [6, 6.07) is 12.3. The van der Waals surface area contributed by atoms with Gasteiger partial charge in [-0.1, -0.05) is 38.1 Å². The summed E-state index contributed by atoms with van der Waals surface area (Å²) >= 11 is 0. The second-order valence-electron chi connectivity index (χ2n) is 9.01. The van der Waals surface area contributed by atoms with Gasteiger partial charge in [0, 0.05) is 18.7 Å². The summed E-state index contributed by atoms with van der Waals surface area (Å²) in [7, 11) is -3.83. The zero-order valence-electron chi connectivity index (χ0n) is 21.6. The van der Waals surface area contributed by atoms with Gasteiger partial charge in [0.2, 0.25) is 11.8 Å². The lowest BCUT2D eigenvalue weighted by Crippen LogP contribution is -2.32. The Balaban J connectivity index is 1.53. The molecule has 1 aromatic heterocycles. The normalized spacial score (nSPS) is 12.2. The van der Waals surface area contributed by atoms with E-state index in [0.717, 1.165) is 42.9 Å². The number of rotatable bonds is 12. The molecule has 0 aliphatic carbocycles. The first-order chi connectivity index (χ1) is 17.9. The molecule has 3 rings (SSSR count). The fourth-order valence-corrected chi connectivity index (χ4v) is 5.15. The van der Waals surface area contributed by atoms with Gasteiger partial charge in [0.25, 0.3) is 0 Å². The number of alkyl halides is 3. The van der Waals surface area contributed by atoms with Crippen molar-refractivity contribution in [3.63, 3.8) is 0 Å². The summed E-state index contributed by atoms with van der Waals surface area (Å²) in [6.07, 6.45) is -4.15. The average Bonchev–Trinajstić information content (AvgIpc) is 3.21. The van der Waals surface area contributed by atoms with E-state index in [-0.39, 0.29) is 18.7 Å². The molecule has 0 saturated heterocycles. The topological polar surface area (TPSA) is 92.5 Å². The van der Waals surface area contributed by atoms with Crippen molar-refractivity contribution in [3.05, 3.63) is 76.7 Å². The molecular formula is C27H32F3N3O4S.